The van der Waals surface area contributed by atoms with Crippen LogP contribution in [-0.2, 0) is 9.53 Å². The molecule has 0 bridgehead atoms. The molecule has 0 saturated heterocycles. The molecule has 0 aliphatic carbocycles. The number of hydrogen-bond donors (Lipinski definition) is 2. The number of ether oxygens (including phenoxy) is 1. The summed E-state index contributed by atoms with van der Waals surface area (Å²) in [6.07, 6.45) is 3.96. The first-order chi connectivity index (χ1) is 10.7. The molecule has 0 radical (unpaired) electrons. The highest BCUT2D eigenvalue weighted by Crippen LogP contribution is 1.97. The Kier molecular flexibility index (Phi) is 5.14. The van der Waals surface area contributed by atoms with Crippen molar-refractivity contribution in [2.24, 2.45) is 0 Å². The van der Waals surface area contributed by atoms with Crippen molar-refractivity contribution in [3.63, 3.8) is 0 Å². The van der Waals surface area contributed by atoms with Gasteiger partial charge < -0.3 is 4.74 Å². The van der Waals surface area contributed by atoms with Gasteiger partial charge in [0, 0.05) is 18.0 Å². The van der Waals surface area contributed by atoms with Crippen LogP contribution in [0.1, 0.15) is 20.8 Å². The van der Waals surface area contributed by atoms with Crippen molar-refractivity contribution in [2.75, 3.05) is 6.61 Å². The first kappa shape index (κ1) is 15.1. The molecule has 0 atom stereocenters. The number of aromatic nitrogens is 2. The number of carbonyl (C=O) groups excluding carboxylic acids is 3. The standard InChI is InChI=1S/C14H12N4O4/c19-12(9-22-14(21)11-8-15-6-7-16-11)17-18-13(20)10-4-2-1-3-5-10/h1-8H,9H2,(H,17,19)(H,18,20). The molecule has 1 heterocycles. The number of nitrogens with zero attached hydrogens (tertiary/aromatic N) is 2. The summed E-state index contributed by atoms with van der Waals surface area (Å²) in [6.45, 7) is -0.551. The summed E-state index contributed by atoms with van der Waals surface area (Å²) >= 11 is 0. The Bertz CT molecular complexity index is 604. The van der Waals surface area contributed by atoms with Crippen molar-refractivity contribution in [1.82, 2.24) is 20.8 Å². The third-order valence-corrected chi connectivity index (χ3v) is 2.46. The van der Waals surface area contributed by atoms with Gasteiger partial charge in [-0.3, -0.25) is 25.4 Å². The van der Waals surface area contributed by atoms with Crippen LogP contribution in [0.2, 0.25) is 0 Å². The topological polar surface area (TPSA) is 110 Å². The average molecular weight is 300 g/mol. The minimum absolute atomic E-state index is 0.0105. The molecule has 0 fully saturated rings. The first-order valence-electron chi connectivity index (χ1n) is 6.24. The number of nitrogens with one attached hydrogen (secondary N) is 2. The van der Waals surface area contributed by atoms with Crippen LogP contribution in [0.5, 0.6) is 0 Å². The normalized spacial score (nSPS) is 9.64. The maximum atomic E-state index is 11.7. The van der Waals surface area contributed by atoms with Crippen molar-refractivity contribution in [2.45, 2.75) is 0 Å². The highest BCUT2D eigenvalue weighted by molar-refractivity contribution is 5.95. The first-order valence-corrected chi connectivity index (χ1v) is 6.24. The molecule has 2 amide bonds. The van der Waals surface area contributed by atoms with Crippen molar-refractivity contribution >= 4 is 17.8 Å². The predicted octanol–water partition coefficient (Wildman–Crippen LogP) is 0.0946. The maximum Gasteiger partial charge on any atom is 0.359 e. The van der Waals surface area contributed by atoms with Crippen molar-refractivity contribution in [1.29, 1.82) is 0 Å². The van der Waals surface area contributed by atoms with Gasteiger partial charge in [0.05, 0.1) is 6.20 Å². The zero-order chi connectivity index (χ0) is 15.8. The third-order valence-electron chi connectivity index (χ3n) is 2.46. The van der Waals surface area contributed by atoms with E-state index in [1.54, 1.807) is 30.3 Å². The van der Waals surface area contributed by atoms with Gasteiger partial charge in [-0.25, -0.2) is 9.78 Å². The molecule has 8 heteroatoms. The highest BCUT2D eigenvalue weighted by Gasteiger charge is 2.12. The summed E-state index contributed by atoms with van der Waals surface area (Å²) in [7, 11) is 0. The molecular formula is C14H12N4O4. The fourth-order valence-corrected chi connectivity index (χ4v) is 1.43. The SMILES string of the molecule is O=C(COC(=O)c1cnccn1)NNC(=O)c1ccccc1. The fourth-order valence-electron chi connectivity index (χ4n) is 1.43. The number of hydrogen-bond acceptors (Lipinski definition) is 6. The Hall–Kier alpha value is -3.29. The van der Waals surface area contributed by atoms with E-state index in [0.717, 1.165) is 0 Å². The Balaban J connectivity index is 1.74. The molecule has 0 unspecified atom stereocenters. The predicted molar refractivity (Wildman–Crippen MR) is 74.4 cm³/mol. The van der Waals surface area contributed by atoms with Gasteiger partial charge in [0.15, 0.2) is 12.3 Å². The Morgan fingerprint density at radius 2 is 1.82 bits per heavy atom. The fraction of sp³-hybridized carbons (Fsp3) is 0.0714. The molecule has 8 nitrogen and oxygen atoms in total. The Morgan fingerprint density at radius 1 is 1.05 bits per heavy atom. The second-order valence-electron chi connectivity index (χ2n) is 4.04. The lowest BCUT2D eigenvalue weighted by molar-refractivity contribution is -0.125. The monoisotopic (exact) mass is 300 g/mol. The Morgan fingerprint density at radius 3 is 2.50 bits per heavy atom. The molecule has 0 saturated carbocycles. The van der Waals surface area contributed by atoms with E-state index in [2.05, 4.69) is 20.8 Å². The summed E-state index contributed by atoms with van der Waals surface area (Å²) in [5, 5.41) is 0. The largest absolute Gasteiger partial charge is 0.451 e. The lowest BCUT2D eigenvalue weighted by Crippen LogP contribution is -2.43. The number of amides is 2. The molecule has 0 spiro atoms. The summed E-state index contributed by atoms with van der Waals surface area (Å²) in [4.78, 5) is 42.1. The number of rotatable bonds is 4. The van der Waals surface area contributed by atoms with Gasteiger partial charge in [-0.1, -0.05) is 18.2 Å². The second kappa shape index (κ2) is 7.48. The van der Waals surface area contributed by atoms with E-state index in [4.69, 9.17) is 4.74 Å². The van der Waals surface area contributed by atoms with Crippen molar-refractivity contribution in [3.8, 4) is 0 Å². The summed E-state index contributed by atoms with van der Waals surface area (Å²) in [6, 6.07) is 8.34. The molecule has 22 heavy (non-hydrogen) atoms. The van der Waals surface area contributed by atoms with Crippen LogP contribution in [0.25, 0.3) is 0 Å². The van der Waals surface area contributed by atoms with Crippen LogP contribution in [0.15, 0.2) is 48.9 Å². The van der Waals surface area contributed by atoms with E-state index >= 15 is 0 Å². The van der Waals surface area contributed by atoms with E-state index in [0.29, 0.717) is 5.56 Å². The van der Waals surface area contributed by atoms with Gasteiger partial charge in [-0.15, -0.1) is 0 Å². The number of hydrazine groups is 1. The smallest absolute Gasteiger partial charge is 0.359 e. The molecule has 1 aromatic carbocycles. The van der Waals surface area contributed by atoms with Gasteiger partial charge in [0.1, 0.15) is 0 Å². The minimum atomic E-state index is -0.780. The molecule has 0 aliphatic rings. The van der Waals surface area contributed by atoms with Crippen LogP contribution < -0.4 is 10.9 Å². The second-order valence-corrected chi connectivity index (χ2v) is 4.04. The molecule has 0 aliphatic heterocycles. The lowest BCUT2D eigenvalue weighted by Gasteiger charge is -2.07. The minimum Gasteiger partial charge on any atom is -0.451 e. The molecule has 1 aromatic heterocycles. The number of carbonyl (C=O) groups is 3. The van der Waals surface area contributed by atoms with Crippen LogP contribution in [-0.4, -0.2) is 34.4 Å². The van der Waals surface area contributed by atoms with Gasteiger partial charge in [-0.2, -0.15) is 0 Å². The average Bonchev–Trinajstić information content (AvgIpc) is 2.59. The van der Waals surface area contributed by atoms with Crippen LogP contribution >= 0.6 is 0 Å². The third kappa shape index (κ3) is 4.37. The number of esters is 1. The van der Waals surface area contributed by atoms with E-state index in [-0.39, 0.29) is 5.69 Å². The van der Waals surface area contributed by atoms with Crippen molar-refractivity contribution < 1.29 is 19.1 Å². The summed E-state index contributed by atoms with van der Waals surface area (Å²) in [5.74, 6) is -1.94. The zero-order valence-corrected chi connectivity index (χ0v) is 11.4. The lowest BCUT2D eigenvalue weighted by atomic mass is 10.2. The van der Waals surface area contributed by atoms with E-state index in [9.17, 15) is 14.4 Å². The molecular weight excluding hydrogens is 288 g/mol. The van der Waals surface area contributed by atoms with Gasteiger partial charge in [0.25, 0.3) is 11.8 Å². The quantitative estimate of drug-likeness (QED) is 0.612. The van der Waals surface area contributed by atoms with Gasteiger partial charge in [-0.05, 0) is 12.1 Å². The van der Waals surface area contributed by atoms with Gasteiger partial charge in [0.2, 0.25) is 0 Å². The van der Waals surface area contributed by atoms with Crippen molar-refractivity contribution in [3.05, 3.63) is 60.2 Å². The van der Waals surface area contributed by atoms with Gasteiger partial charge >= 0.3 is 5.97 Å². The maximum absolute atomic E-state index is 11.7. The van der Waals surface area contributed by atoms with Crippen LogP contribution in [0.4, 0.5) is 0 Å². The van der Waals surface area contributed by atoms with Crippen LogP contribution in [0, 0.1) is 0 Å². The van der Waals surface area contributed by atoms with E-state index in [1.165, 1.54) is 18.6 Å². The van der Waals surface area contributed by atoms with Crippen LogP contribution in [0.3, 0.4) is 0 Å². The Labute approximate surface area is 125 Å². The summed E-state index contributed by atoms with van der Waals surface area (Å²) in [5.41, 5.74) is 4.72. The molecule has 112 valence electrons. The van der Waals surface area contributed by atoms with E-state index < -0.39 is 24.4 Å². The number of benzene rings is 1. The molecule has 2 N–H and O–H groups in total. The highest BCUT2D eigenvalue weighted by atomic mass is 16.5. The summed E-state index contributed by atoms with van der Waals surface area (Å²) < 4.78 is 4.72. The zero-order valence-electron chi connectivity index (χ0n) is 11.4. The molecule has 2 aromatic rings. The van der Waals surface area contributed by atoms with E-state index in [1.807, 2.05) is 0 Å². The molecule has 2 rings (SSSR count).